The minimum absolute atomic E-state index is 0.0114. The maximum atomic E-state index is 12.0. The summed E-state index contributed by atoms with van der Waals surface area (Å²) in [6, 6.07) is 6.37. The third kappa shape index (κ3) is 5.16. The lowest BCUT2D eigenvalue weighted by Crippen LogP contribution is -2.29. The maximum Gasteiger partial charge on any atom is 0.253 e. The zero-order valence-electron chi connectivity index (χ0n) is 11.3. The highest BCUT2D eigenvalue weighted by atomic mass is 32.2. The van der Waals surface area contributed by atoms with E-state index in [-0.39, 0.29) is 29.5 Å². The van der Waals surface area contributed by atoms with Crippen molar-refractivity contribution in [3.05, 3.63) is 29.8 Å². The first kappa shape index (κ1) is 16.4. The number of hydrogen-bond donors (Lipinski definition) is 3. The molecule has 0 radical (unpaired) electrons. The molecule has 0 aromatic heterocycles. The Balaban J connectivity index is 2.85. The molecule has 0 spiro atoms. The second-order valence-electron chi connectivity index (χ2n) is 4.00. The quantitative estimate of drug-likeness (QED) is 0.574. The number of hydrogen-bond acceptors (Lipinski definition) is 5. The highest BCUT2D eigenvalue weighted by molar-refractivity contribution is 7.92. The molecular formula is C12H19N3O4S. The molecule has 0 aliphatic heterocycles. The van der Waals surface area contributed by atoms with E-state index < -0.39 is 10.0 Å². The summed E-state index contributed by atoms with van der Waals surface area (Å²) in [6.07, 6.45) is 0. The van der Waals surface area contributed by atoms with E-state index in [2.05, 4.69) is 10.0 Å². The van der Waals surface area contributed by atoms with Crippen LogP contribution in [-0.2, 0) is 14.8 Å². The van der Waals surface area contributed by atoms with E-state index in [1.807, 2.05) is 0 Å². The third-order valence-corrected chi connectivity index (χ3v) is 3.72. The molecule has 1 aromatic carbocycles. The minimum atomic E-state index is -3.55. The Hall–Kier alpha value is -1.64. The third-order valence-electron chi connectivity index (χ3n) is 2.42. The van der Waals surface area contributed by atoms with Gasteiger partial charge in [0.2, 0.25) is 10.0 Å². The number of nitrogens with two attached hydrogens (primary N) is 1. The van der Waals surface area contributed by atoms with Crippen molar-refractivity contribution in [2.24, 2.45) is 5.73 Å². The minimum Gasteiger partial charge on any atom is -0.383 e. The molecule has 8 heteroatoms. The molecule has 0 aliphatic carbocycles. The molecule has 7 nitrogen and oxygen atoms in total. The molecule has 0 fully saturated rings. The monoisotopic (exact) mass is 301 g/mol. The van der Waals surface area contributed by atoms with Crippen LogP contribution in [0.5, 0.6) is 0 Å². The number of carbonyl (C=O) groups is 1. The van der Waals surface area contributed by atoms with E-state index in [9.17, 15) is 13.2 Å². The molecule has 0 unspecified atom stereocenters. The van der Waals surface area contributed by atoms with E-state index in [4.69, 9.17) is 10.5 Å². The largest absolute Gasteiger partial charge is 0.383 e. The number of rotatable bonds is 8. The van der Waals surface area contributed by atoms with Gasteiger partial charge in [-0.1, -0.05) is 12.1 Å². The molecule has 4 N–H and O–H groups in total. The summed E-state index contributed by atoms with van der Waals surface area (Å²) in [4.78, 5) is 12.0. The first-order valence-corrected chi connectivity index (χ1v) is 7.72. The average Bonchev–Trinajstić information content (AvgIpc) is 2.39. The normalized spacial score (nSPS) is 11.1. The first-order valence-electron chi connectivity index (χ1n) is 6.07. The summed E-state index contributed by atoms with van der Waals surface area (Å²) in [6.45, 7) is 0.740. The van der Waals surface area contributed by atoms with Crippen LogP contribution in [0.1, 0.15) is 10.4 Å². The number of ether oxygens (including phenoxy) is 1. The van der Waals surface area contributed by atoms with Crippen molar-refractivity contribution in [3.63, 3.8) is 0 Å². The van der Waals surface area contributed by atoms with Crippen LogP contribution in [0.15, 0.2) is 24.3 Å². The van der Waals surface area contributed by atoms with E-state index in [0.717, 1.165) is 0 Å². The molecule has 112 valence electrons. The molecule has 1 amide bonds. The van der Waals surface area contributed by atoms with Crippen molar-refractivity contribution in [1.29, 1.82) is 0 Å². The lowest BCUT2D eigenvalue weighted by molar-refractivity contribution is 0.0938. The maximum absolute atomic E-state index is 12.0. The second kappa shape index (κ2) is 7.83. The zero-order valence-corrected chi connectivity index (χ0v) is 12.1. The van der Waals surface area contributed by atoms with Crippen molar-refractivity contribution >= 4 is 21.6 Å². The Morgan fingerprint density at radius 1 is 1.35 bits per heavy atom. The van der Waals surface area contributed by atoms with Crippen LogP contribution < -0.4 is 15.8 Å². The van der Waals surface area contributed by atoms with Crippen molar-refractivity contribution in [3.8, 4) is 0 Å². The van der Waals surface area contributed by atoms with Gasteiger partial charge in [-0.05, 0) is 12.1 Å². The van der Waals surface area contributed by atoms with Crippen LogP contribution in [-0.4, -0.2) is 46.9 Å². The molecule has 20 heavy (non-hydrogen) atoms. The van der Waals surface area contributed by atoms with Crippen molar-refractivity contribution < 1.29 is 17.9 Å². The summed E-state index contributed by atoms with van der Waals surface area (Å²) in [7, 11) is -2.02. The molecular weight excluding hydrogens is 282 g/mol. The number of amides is 1. The summed E-state index contributed by atoms with van der Waals surface area (Å²) >= 11 is 0. The Kier molecular flexibility index (Phi) is 6.43. The van der Waals surface area contributed by atoms with E-state index in [1.54, 1.807) is 18.2 Å². The van der Waals surface area contributed by atoms with Gasteiger partial charge in [0.15, 0.2) is 0 Å². The number of carbonyl (C=O) groups excluding carboxylic acids is 1. The molecule has 0 saturated carbocycles. The van der Waals surface area contributed by atoms with Crippen molar-refractivity contribution in [2.75, 3.05) is 37.3 Å². The number of benzene rings is 1. The molecule has 1 aromatic rings. The van der Waals surface area contributed by atoms with E-state index >= 15 is 0 Å². The van der Waals surface area contributed by atoms with Gasteiger partial charge in [0.1, 0.15) is 0 Å². The number of anilines is 1. The van der Waals surface area contributed by atoms with Crippen molar-refractivity contribution in [1.82, 2.24) is 5.32 Å². The predicted octanol–water partition coefficient (Wildman–Crippen LogP) is -0.237. The van der Waals surface area contributed by atoms with Crippen LogP contribution >= 0.6 is 0 Å². The van der Waals surface area contributed by atoms with Gasteiger partial charge < -0.3 is 15.8 Å². The van der Waals surface area contributed by atoms with Crippen molar-refractivity contribution in [2.45, 2.75) is 0 Å². The Morgan fingerprint density at radius 2 is 2.05 bits per heavy atom. The highest BCUT2D eigenvalue weighted by Crippen LogP contribution is 2.16. The Morgan fingerprint density at radius 3 is 2.70 bits per heavy atom. The average molecular weight is 301 g/mol. The lowest BCUT2D eigenvalue weighted by Gasteiger charge is -2.12. The van der Waals surface area contributed by atoms with Crippen LogP contribution in [0.25, 0.3) is 0 Å². The number of sulfonamides is 1. The summed E-state index contributed by atoms with van der Waals surface area (Å²) in [5.41, 5.74) is 5.72. The van der Waals surface area contributed by atoms with E-state index in [0.29, 0.717) is 13.2 Å². The fraction of sp³-hybridized carbons (Fsp3) is 0.417. The van der Waals surface area contributed by atoms with Gasteiger partial charge in [-0.15, -0.1) is 0 Å². The molecule has 1 rings (SSSR count). The summed E-state index contributed by atoms with van der Waals surface area (Å²) in [5, 5.41) is 2.63. The highest BCUT2D eigenvalue weighted by Gasteiger charge is 2.15. The number of methoxy groups -OCH3 is 1. The summed E-state index contributed by atoms with van der Waals surface area (Å²) < 4.78 is 30.6. The number of para-hydroxylation sites is 1. The van der Waals surface area contributed by atoms with Crippen LogP contribution in [0, 0.1) is 0 Å². The molecule has 0 atom stereocenters. The second-order valence-corrected chi connectivity index (χ2v) is 5.85. The van der Waals surface area contributed by atoms with Crippen LogP contribution in [0.3, 0.4) is 0 Å². The van der Waals surface area contributed by atoms with Gasteiger partial charge in [-0.2, -0.15) is 0 Å². The zero-order chi connectivity index (χ0) is 15.0. The summed E-state index contributed by atoms with van der Waals surface area (Å²) in [5.74, 6) is -0.569. The van der Waals surface area contributed by atoms with Crippen LogP contribution in [0.2, 0.25) is 0 Å². The van der Waals surface area contributed by atoms with E-state index in [1.165, 1.54) is 13.2 Å². The standard InChI is InChI=1S/C12H19N3O4S/c1-19-8-7-14-12(16)10-4-2-3-5-11(10)15-20(17,18)9-6-13/h2-5,15H,6-9,13H2,1H3,(H,14,16). The van der Waals surface area contributed by atoms with Gasteiger partial charge >= 0.3 is 0 Å². The Labute approximate surface area is 118 Å². The fourth-order valence-corrected chi connectivity index (χ4v) is 2.43. The first-order chi connectivity index (χ1) is 9.50. The van der Waals surface area contributed by atoms with Gasteiger partial charge in [0, 0.05) is 20.2 Å². The van der Waals surface area contributed by atoms with Gasteiger partial charge in [-0.3, -0.25) is 9.52 Å². The van der Waals surface area contributed by atoms with Gasteiger partial charge in [0.25, 0.3) is 5.91 Å². The lowest BCUT2D eigenvalue weighted by atomic mass is 10.2. The molecule has 0 saturated heterocycles. The van der Waals surface area contributed by atoms with Gasteiger partial charge in [0.05, 0.1) is 23.6 Å². The Bertz CT molecular complexity index is 545. The topological polar surface area (TPSA) is 111 Å². The molecule has 0 bridgehead atoms. The SMILES string of the molecule is COCCNC(=O)c1ccccc1NS(=O)(=O)CCN. The molecule has 0 aliphatic rings. The fourth-order valence-electron chi connectivity index (χ4n) is 1.51. The van der Waals surface area contributed by atoms with Gasteiger partial charge in [-0.25, -0.2) is 8.42 Å². The molecule has 0 heterocycles. The number of nitrogens with one attached hydrogen (secondary N) is 2. The van der Waals surface area contributed by atoms with Crippen LogP contribution in [0.4, 0.5) is 5.69 Å². The predicted molar refractivity (Wildman–Crippen MR) is 77.1 cm³/mol. The smallest absolute Gasteiger partial charge is 0.253 e.